The Balaban J connectivity index is 1.34. The summed E-state index contributed by atoms with van der Waals surface area (Å²) in [5.74, 6) is -0.0943. The molecule has 1 aliphatic heterocycles. The van der Waals surface area contributed by atoms with Gasteiger partial charge in [0, 0.05) is 25.1 Å². The van der Waals surface area contributed by atoms with Crippen molar-refractivity contribution in [2.45, 2.75) is 64.7 Å². The van der Waals surface area contributed by atoms with Crippen LogP contribution in [0.15, 0.2) is 48.8 Å². The topological polar surface area (TPSA) is 58.9 Å². The fourth-order valence-corrected chi connectivity index (χ4v) is 4.19. The van der Waals surface area contributed by atoms with Crippen LogP contribution in [0, 0.1) is 0 Å². The van der Waals surface area contributed by atoms with E-state index >= 15 is 0 Å². The lowest BCUT2D eigenvalue weighted by Crippen LogP contribution is -3.08. The number of nitrogens with zero attached hydrogens (tertiary/aromatic N) is 2. The van der Waals surface area contributed by atoms with Crippen LogP contribution in [0.3, 0.4) is 0 Å². The molecule has 1 atom stereocenters. The second-order valence-electron chi connectivity index (χ2n) is 8.61. The van der Waals surface area contributed by atoms with Crippen LogP contribution in [0.2, 0.25) is 0 Å². The van der Waals surface area contributed by atoms with Crippen molar-refractivity contribution in [2.75, 3.05) is 31.6 Å². The average Bonchev–Trinajstić information content (AvgIpc) is 3.19. The predicted octanol–water partition coefficient (Wildman–Crippen LogP) is 4.27. The first-order chi connectivity index (χ1) is 15.8. The van der Waals surface area contributed by atoms with Crippen LogP contribution in [0.1, 0.15) is 75.1 Å². The van der Waals surface area contributed by atoms with Gasteiger partial charge in [0.05, 0.1) is 5.56 Å². The summed E-state index contributed by atoms with van der Waals surface area (Å²) in [7, 11) is 0. The molecule has 0 saturated heterocycles. The molecule has 1 aromatic heterocycles. The smallest absolute Gasteiger partial charge is 0.257 e. The molecule has 174 valence electrons. The molecule has 1 aliphatic rings. The average molecular weight is 440 g/mol. The molecular formula is C26H39N4O2+. The van der Waals surface area contributed by atoms with Crippen LogP contribution in [0.25, 0.3) is 0 Å². The van der Waals surface area contributed by atoms with Gasteiger partial charge >= 0.3 is 0 Å². The van der Waals surface area contributed by atoms with Gasteiger partial charge in [-0.05, 0) is 24.6 Å². The molecular weight excluding hydrogens is 400 g/mol. The summed E-state index contributed by atoms with van der Waals surface area (Å²) in [6.45, 7) is 4.97. The molecule has 0 radical (unpaired) electrons. The minimum absolute atomic E-state index is 0.0943. The van der Waals surface area contributed by atoms with Crippen LogP contribution < -0.4 is 15.1 Å². The largest absolute Gasteiger partial charge is 0.361 e. The lowest BCUT2D eigenvalue weighted by atomic mass is 10.1. The van der Waals surface area contributed by atoms with Crippen LogP contribution in [-0.4, -0.2) is 37.6 Å². The lowest BCUT2D eigenvalue weighted by molar-refractivity contribution is -0.828. The summed E-state index contributed by atoms with van der Waals surface area (Å²) in [6, 6.07) is 11.9. The van der Waals surface area contributed by atoms with Gasteiger partial charge in [0.15, 0.2) is 19.0 Å². The van der Waals surface area contributed by atoms with Crippen molar-refractivity contribution >= 4 is 17.3 Å². The highest BCUT2D eigenvalue weighted by Gasteiger charge is 2.30. The molecule has 6 nitrogen and oxygen atoms in total. The monoisotopic (exact) mass is 439 g/mol. The third kappa shape index (κ3) is 7.61. The number of rotatable bonds is 15. The zero-order valence-electron chi connectivity index (χ0n) is 19.5. The number of amides is 1. The highest BCUT2D eigenvalue weighted by Crippen LogP contribution is 2.25. The summed E-state index contributed by atoms with van der Waals surface area (Å²) >= 11 is 0. The molecule has 32 heavy (non-hydrogen) atoms. The molecule has 0 spiro atoms. The van der Waals surface area contributed by atoms with Crippen molar-refractivity contribution in [3.63, 3.8) is 0 Å². The molecule has 1 unspecified atom stereocenters. The van der Waals surface area contributed by atoms with Crippen LogP contribution in [0.4, 0.5) is 11.4 Å². The molecule has 0 aliphatic carbocycles. The second-order valence-corrected chi connectivity index (χ2v) is 8.61. The first-order valence-corrected chi connectivity index (χ1v) is 12.2. The fraction of sp³-hybridized carbons (Fsp3) is 0.538. The first-order valence-electron chi connectivity index (χ1n) is 12.2. The van der Waals surface area contributed by atoms with Gasteiger partial charge in [-0.1, -0.05) is 70.4 Å². The van der Waals surface area contributed by atoms with Crippen LogP contribution in [0.5, 0.6) is 0 Å². The summed E-state index contributed by atoms with van der Waals surface area (Å²) in [4.78, 5) is 19.9. The minimum atomic E-state index is -0.0943. The number of nitrogens with one attached hydrogen (secondary N) is 2. The van der Waals surface area contributed by atoms with Crippen LogP contribution >= 0.6 is 0 Å². The molecule has 6 heteroatoms. The van der Waals surface area contributed by atoms with Crippen molar-refractivity contribution in [3.8, 4) is 0 Å². The van der Waals surface area contributed by atoms with E-state index in [0.717, 1.165) is 19.7 Å². The molecule has 2 heterocycles. The number of aromatic nitrogens is 1. The summed E-state index contributed by atoms with van der Waals surface area (Å²) in [5, 5.41) is 3.03. The maximum atomic E-state index is 12.4. The Hall–Kier alpha value is -2.44. The Kier molecular flexibility index (Phi) is 10.5. The van der Waals surface area contributed by atoms with Gasteiger partial charge in [0.25, 0.3) is 5.91 Å². The Bertz CT molecular complexity index is 799. The van der Waals surface area contributed by atoms with Crippen molar-refractivity contribution in [2.24, 2.45) is 0 Å². The number of pyridine rings is 1. The van der Waals surface area contributed by atoms with Crippen LogP contribution in [-0.2, 0) is 4.74 Å². The summed E-state index contributed by atoms with van der Waals surface area (Å²) in [6.07, 6.45) is 15.2. The number of para-hydroxylation sites is 2. The van der Waals surface area contributed by atoms with Crippen molar-refractivity contribution in [1.82, 2.24) is 10.3 Å². The Morgan fingerprint density at radius 2 is 1.78 bits per heavy atom. The lowest BCUT2D eigenvalue weighted by Gasteiger charge is -2.18. The number of unbranched alkanes of at least 4 members (excludes halogenated alkanes) is 8. The molecule has 0 fully saturated rings. The van der Waals surface area contributed by atoms with Crippen molar-refractivity contribution < 1.29 is 14.4 Å². The van der Waals surface area contributed by atoms with Gasteiger partial charge in [0.2, 0.25) is 0 Å². The normalized spacial score (nSPS) is 15.0. The van der Waals surface area contributed by atoms with E-state index in [2.05, 4.69) is 40.3 Å². The standard InChI is InChI=1S/C26H38N4O2/c1-2-3-4-5-6-7-8-9-12-18-32-22-30-21-29(24-15-10-11-16-25(24)30)20-28-26(31)23-14-13-17-27-19-23/h10-11,13-17,19H,2-9,12,18,20-22H2,1H3,(H,28,31)/p+1. The van der Waals surface area contributed by atoms with E-state index in [1.807, 2.05) is 6.07 Å². The Morgan fingerprint density at radius 1 is 1.03 bits per heavy atom. The van der Waals surface area contributed by atoms with Gasteiger partial charge in [-0.25, -0.2) is 0 Å². The molecule has 1 aromatic carbocycles. The number of anilines is 1. The van der Waals surface area contributed by atoms with Gasteiger partial charge in [-0.15, -0.1) is 0 Å². The molecule has 3 rings (SSSR count). The predicted molar refractivity (Wildman–Crippen MR) is 129 cm³/mol. The zero-order chi connectivity index (χ0) is 22.4. The number of carbonyl (C=O) groups is 1. The number of hydrogen-bond donors (Lipinski definition) is 2. The number of ether oxygens (including phenoxy) is 1. The van der Waals surface area contributed by atoms with Gasteiger partial charge in [-0.3, -0.25) is 19.6 Å². The third-order valence-corrected chi connectivity index (χ3v) is 6.03. The molecule has 0 bridgehead atoms. The number of hydrogen-bond acceptors (Lipinski definition) is 4. The molecule has 0 saturated carbocycles. The van der Waals surface area contributed by atoms with E-state index in [-0.39, 0.29) is 5.91 Å². The zero-order valence-corrected chi connectivity index (χ0v) is 19.5. The van der Waals surface area contributed by atoms with Crippen molar-refractivity contribution in [1.29, 1.82) is 0 Å². The minimum Gasteiger partial charge on any atom is -0.361 e. The van der Waals surface area contributed by atoms with Gasteiger partial charge in [-0.2, -0.15) is 0 Å². The maximum Gasteiger partial charge on any atom is 0.257 e. The Labute approximate surface area is 193 Å². The number of carbonyl (C=O) groups excluding carboxylic acids is 1. The maximum absolute atomic E-state index is 12.4. The van der Waals surface area contributed by atoms with E-state index in [1.165, 1.54) is 67.6 Å². The SMILES string of the molecule is CCCCCCCCCCCOCN1C[NH+](CNC(=O)c2cccnc2)c2ccccc21. The van der Waals surface area contributed by atoms with E-state index in [0.29, 0.717) is 19.0 Å². The quantitative estimate of drug-likeness (QED) is 0.407. The highest BCUT2D eigenvalue weighted by molar-refractivity contribution is 5.93. The van der Waals surface area contributed by atoms with E-state index < -0.39 is 0 Å². The van der Waals surface area contributed by atoms with Gasteiger partial charge < -0.3 is 10.1 Å². The van der Waals surface area contributed by atoms with E-state index in [1.54, 1.807) is 24.5 Å². The second kappa shape index (κ2) is 13.9. The van der Waals surface area contributed by atoms with Crippen molar-refractivity contribution in [3.05, 3.63) is 54.4 Å². The number of quaternary nitrogens is 1. The molecule has 1 amide bonds. The fourth-order valence-electron chi connectivity index (χ4n) is 4.19. The summed E-state index contributed by atoms with van der Waals surface area (Å²) < 4.78 is 5.99. The number of fused-ring (bicyclic) bond motifs is 1. The molecule has 2 aromatic rings. The third-order valence-electron chi connectivity index (χ3n) is 6.03. The molecule has 2 N–H and O–H groups in total. The van der Waals surface area contributed by atoms with Gasteiger partial charge in [0.1, 0.15) is 12.4 Å². The summed E-state index contributed by atoms with van der Waals surface area (Å²) in [5.41, 5.74) is 2.97. The highest BCUT2D eigenvalue weighted by atomic mass is 16.5. The number of benzene rings is 1. The first kappa shape index (κ1) is 24.2. The van der Waals surface area contributed by atoms with E-state index in [9.17, 15) is 4.79 Å². The van der Waals surface area contributed by atoms with E-state index in [4.69, 9.17) is 4.74 Å². The Morgan fingerprint density at radius 3 is 2.53 bits per heavy atom.